The number of aromatic nitrogens is 2. The largest absolute Gasteiger partial charge is 0.481 e. The molecule has 17 heteroatoms. The molecule has 1 aromatic heterocycles. The molecule has 1 heterocycles. The number of carboxylic acids is 1. The van der Waals surface area contributed by atoms with Gasteiger partial charge in [-0.2, -0.15) is 44.5 Å². The van der Waals surface area contributed by atoms with Crippen molar-refractivity contribution in [3.63, 3.8) is 0 Å². The molecule has 0 bridgehead atoms. The van der Waals surface area contributed by atoms with Crippen LogP contribution in [0.15, 0.2) is 34.9 Å². The van der Waals surface area contributed by atoms with Crippen LogP contribution in [0.3, 0.4) is 0 Å². The molecule has 278 valence electrons. The van der Waals surface area contributed by atoms with Crippen molar-refractivity contribution in [1.82, 2.24) is 10.1 Å². The van der Waals surface area contributed by atoms with Crippen LogP contribution in [-0.2, 0) is 36.4 Å². The molecule has 0 atom stereocenters. The molecule has 0 unspecified atom stereocenters. The standard InChI is InChI=1S/C33H37F9N4O3.ClH/c1-4-9-45(16-22-7-5-21(6-8-22)13-29(47)48)28-10-19(2)27(33(40,41)42)14-24(28)18-46(30-43-20(3)49-44-30)17-23-11-25(31(34,35)36)15-26(12-23)32(37,38)39;/h10-12,14-15,21-22H,4-9,13,16-18H2,1-3H3,(H,47,48);1H. The van der Waals surface area contributed by atoms with Crippen molar-refractivity contribution < 1.29 is 53.9 Å². The highest BCUT2D eigenvalue weighted by Crippen LogP contribution is 2.40. The predicted octanol–water partition coefficient (Wildman–Crippen LogP) is 9.87. The Balaban J connectivity index is 0.00000676. The van der Waals surface area contributed by atoms with Gasteiger partial charge in [-0.15, -0.1) is 12.4 Å². The molecule has 3 aromatic rings. The molecule has 1 saturated carbocycles. The third-order valence-electron chi connectivity index (χ3n) is 8.66. The summed E-state index contributed by atoms with van der Waals surface area (Å²) in [5.74, 6) is -0.928. The zero-order valence-electron chi connectivity index (χ0n) is 27.5. The summed E-state index contributed by atoms with van der Waals surface area (Å²) in [4.78, 5) is 18.4. The predicted molar refractivity (Wildman–Crippen MR) is 169 cm³/mol. The zero-order chi connectivity index (χ0) is 36.3. The molecule has 1 aliphatic rings. The SMILES string of the molecule is CCCN(CC1CCC(CC(=O)O)CC1)c1cc(C)c(C(F)(F)F)cc1CN(Cc1cc(C(F)(F)F)cc(C(F)(F)F)c1)c1noc(C)n1.Cl. The van der Waals surface area contributed by atoms with Crippen LogP contribution in [0.25, 0.3) is 0 Å². The summed E-state index contributed by atoms with van der Waals surface area (Å²) in [7, 11) is 0. The third kappa shape index (κ3) is 10.7. The van der Waals surface area contributed by atoms with Gasteiger partial charge in [0.15, 0.2) is 0 Å². The summed E-state index contributed by atoms with van der Waals surface area (Å²) in [5.41, 5.74) is -3.97. The van der Waals surface area contributed by atoms with Gasteiger partial charge in [-0.1, -0.05) is 6.92 Å². The Kier molecular flexibility index (Phi) is 13.1. The number of nitrogens with zero attached hydrogens (tertiary/aromatic N) is 4. The average molecular weight is 745 g/mol. The number of aliphatic carboxylic acids is 1. The molecule has 0 aliphatic heterocycles. The number of carbonyl (C=O) groups is 1. The first-order chi connectivity index (χ1) is 22.7. The van der Waals surface area contributed by atoms with Crippen LogP contribution < -0.4 is 9.80 Å². The Hall–Kier alpha value is -3.69. The lowest BCUT2D eigenvalue weighted by Gasteiger charge is -2.35. The fourth-order valence-electron chi connectivity index (χ4n) is 6.37. The molecule has 2 aromatic carbocycles. The maximum Gasteiger partial charge on any atom is 0.416 e. The lowest BCUT2D eigenvalue weighted by Crippen LogP contribution is -2.34. The Labute approximate surface area is 289 Å². The molecule has 0 amide bonds. The van der Waals surface area contributed by atoms with E-state index in [0.717, 1.165) is 18.9 Å². The molecular formula is C33H38ClF9N4O3. The van der Waals surface area contributed by atoms with Crippen molar-refractivity contribution in [2.45, 2.75) is 90.9 Å². The number of anilines is 2. The summed E-state index contributed by atoms with van der Waals surface area (Å²) < 4.78 is 130. The van der Waals surface area contributed by atoms with E-state index < -0.39 is 59.8 Å². The van der Waals surface area contributed by atoms with E-state index in [1.807, 2.05) is 11.8 Å². The number of halogens is 10. The topological polar surface area (TPSA) is 82.7 Å². The lowest BCUT2D eigenvalue weighted by atomic mass is 9.80. The number of carboxylic acid groups (broad SMARTS) is 1. The van der Waals surface area contributed by atoms with Crippen molar-refractivity contribution >= 4 is 30.0 Å². The van der Waals surface area contributed by atoms with Crippen LogP contribution in [0.1, 0.15) is 84.7 Å². The highest BCUT2D eigenvalue weighted by molar-refractivity contribution is 5.85. The van der Waals surface area contributed by atoms with E-state index >= 15 is 0 Å². The Morgan fingerprint density at radius 1 is 0.840 bits per heavy atom. The van der Waals surface area contributed by atoms with Gasteiger partial charge in [0.1, 0.15) is 0 Å². The second-order valence-corrected chi connectivity index (χ2v) is 12.6. The maximum absolute atomic E-state index is 14.2. The van der Waals surface area contributed by atoms with Gasteiger partial charge in [-0.3, -0.25) is 4.79 Å². The molecule has 0 saturated heterocycles. The number of benzene rings is 2. The monoisotopic (exact) mass is 744 g/mol. The first-order valence-corrected chi connectivity index (χ1v) is 15.8. The van der Waals surface area contributed by atoms with E-state index in [-0.39, 0.29) is 59.7 Å². The van der Waals surface area contributed by atoms with Crippen molar-refractivity contribution in [3.8, 4) is 0 Å². The molecular weight excluding hydrogens is 707 g/mol. The van der Waals surface area contributed by atoms with Crippen LogP contribution in [0.5, 0.6) is 0 Å². The number of hydrogen-bond acceptors (Lipinski definition) is 6. The van der Waals surface area contributed by atoms with Gasteiger partial charge in [-0.05, 0) is 103 Å². The lowest BCUT2D eigenvalue weighted by molar-refractivity contribution is -0.143. The average Bonchev–Trinajstić information content (AvgIpc) is 3.42. The summed E-state index contributed by atoms with van der Waals surface area (Å²) in [6.45, 7) is 4.48. The quantitative estimate of drug-likeness (QED) is 0.185. The molecule has 0 radical (unpaired) electrons. The minimum absolute atomic E-state index is 0. The Bertz CT molecular complexity index is 1570. The number of alkyl halides is 9. The molecule has 4 rings (SSSR count). The molecule has 1 fully saturated rings. The van der Waals surface area contributed by atoms with Crippen molar-refractivity contribution in [2.24, 2.45) is 11.8 Å². The summed E-state index contributed by atoms with van der Waals surface area (Å²) in [5, 5.41) is 13.0. The van der Waals surface area contributed by atoms with E-state index in [4.69, 9.17) is 4.52 Å². The second-order valence-electron chi connectivity index (χ2n) is 12.6. The van der Waals surface area contributed by atoms with Crippen molar-refractivity contribution in [1.29, 1.82) is 0 Å². The minimum atomic E-state index is -5.11. The Morgan fingerprint density at radius 3 is 1.90 bits per heavy atom. The van der Waals surface area contributed by atoms with Gasteiger partial charge >= 0.3 is 24.5 Å². The number of aryl methyl sites for hydroxylation is 2. The molecule has 50 heavy (non-hydrogen) atoms. The number of rotatable bonds is 12. The van der Waals surface area contributed by atoms with Crippen molar-refractivity contribution in [3.05, 3.63) is 69.6 Å². The first-order valence-electron chi connectivity index (χ1n) is 15.8. The zero-order valence-corrected chi connectivity index (χ0v) is 28.3. The number of hydrogen-bond donors (Lipinski definition) is 1. The van der Waals surface area contributed by atoms with E-state index in [2.05, 4.69) is 10.1 Å². The summed E-state index contributed by atoms with van der Waals surface area (Å²) in [6, 6.07) is 3.45. The van der Waals surface area contributed by atoms with E-state index in [9.17, 15) is 49.4 Å². The van der Waals surface area contributed by atoms with Crippen LogP contribution in [0.4, 0.5) is 51.1 Å². The van der Waals surface area contributed by atoms with Gasteiger partial charge in [0.05, 0.1) is 16.7 Å². The van der Waals surface area contributed by atoms with Crippen LogP contribution in [0.2, 0.25) is 0 Å². The Morgan fingerprint density at radius 2 is 1.42 bits per heavy atom. The minimum Gasteiger partial charge on any atom is -0.481 e. The smallest absolute Gasteiger partial charge is 0.416 e. The van der Waals surface area contributed by atoms with Gasteiger partial charge < -0.3 is 19.4 Å². The van der Waals surface area contributed by atoms with Gasteiger partial charge in [0, 0.05) is 45.2 Å². The van der Waals surface area contributed by atoms with E-state index in [0.29, 0.717) is 50.2 Å². The first kappa shape index (κ1) is 40.7. The van der Waals surface area contributed by atoms with Crippen LogP contribution in [-0.4, -0.2) is 34.3 Å². The maximum atomic E-state index is 14.2. The molecule has 0 spiro atoms. The highest BCUT2D eigenvalue weighted by Gasteiger charge is 2.38. The third-order valence-corrected chi connectivity index (χ3v) is 8.66. The normalized spacial score (nSPS) is 17.0. The van der Waals surface area contributed by atoms with Gasteiger partial charge in [-0.25, -0.2) is 0 Å². The van der Waals surface area contributed by atoms with E-state index in [1.165, 1.54) is 24.8 Å². The fraction of sp³-hybridized carbons (Fsp3) is 0.545. The molecule has 7 nitrogen and oxygen atoms in total. The van der Waals surface area contributed by atoms with Crippen molar-refractivity contribution in [2.75, 3.05) is 22.9 Å². The second kappa shape index (κ2) is 16.1. The highest BCUT2D eigenvalue weighted by atomic mass is 35.5. The van der Waals surface area contributed by atoms with Crippen LogP contribution in [0, 0.1) is 25.7 Å². The molecule has 1 aliphatic carbocycles. The summed E-state index contributed by atoms with van der Waals surface area (Å²) >= 11 is 0. The van der Waals surface area contributed by atoms with Gasteiger partial charge in [0.2, 0.25) is 5.89 Å². The molecule has 1 N–H and O–H groups in total. The van der Waals surface area contributed by atoms with Gasteiger partial charge in [0.25, 0.3) is 5.95 Å². The van der Waals surface area contributed by atoms with Crippen LogP contribution >= 0.6 is 12.4 Å². The van der Waals surface area contributed by atoms with E-state index in [1.54, 1.807) is 0 Å². The fourth-order valence-corrected chi connectivity index (χ4v) is 6.37. The summed E-state index contributed by atoms with van der Waals surface area (Å²) in [6.07, 6.45) is -11.5.